The number of nitrogens with one attached hydrogen (secondary N) is 2. The molecule has 0 saturated heterocycles. The summed E-state index contributed by atoms with van der Waals surface area (Å²) in [6, 6.07) is 16.7. The summed E-state index contributed by atoms with van der Waals surface area (Å²) in [5.41, 5.74) is 2.58. The van der Waals surface area contributed by atoms with Crippen LogP contribution >= 0.6 is 22.9 Å². The predicted octanol–water partition coefficient (Wildman–Crippen LogP) is 3.76. The molecule has 0 aliphatic carbocycles. The van der Waals surface area contributed by atoms with Gasteiger partial charge in [-0.1, -0.05) is 54.1 Å². The molecule has 3 aromatic rings. The van der Waals surface area contributed by atoms with Crippen molar-refractivity contribution < 1.29 is 9.59 Å². The predicted molar refractivity (Wildman–Crippen MR) is 104 cm³/mol. The van der Waals surface area contributed by atoms with E-state index >= 15 is 0 Å². The Hall–Kier alpha value is -2.70. The largest absolute Gasteiger partial charge is 0.347 e. The van der Waals surface area contributed by atoms with E-state index in [0.29, 0.717) is 10.2 Å². The molecule has 2 aromatic carbocycles. The summed E-state index contributed by atoms with van der Waals surface area (Å²) >= 11 is 7.20. The smallest absolute Gasteiger partial charge is 0.245 e. The molecule has 5 nitrogen and oxygen atoms in total. The second kappa shape index (κ2) is 8.60. The Morgan fingerprint density at radius 3 is 2.46 bits per heavy atom. The van der Waals surface area contributed by atoms with Crippen molar-refractivity contribution in [2.24, 2.45) is 0 Å². The fraction of sp³-hybridized carbons (Fsp3) is 0.105. The van der Waals surface area contributed by atoms with Crippen LogP contribution in [0.4, 0.5) is 5.13 Å². The van der Waals surface area contributed by atoms with Gasteiger partial charge in [-0.25, -0.2) is 4.98 Å². The molecular weight excluding hydrogens is 370 g/mol. The molecule has 1 aromatic heterocycles. The van der Waals surface area contributed by atoms with E-state index in [9.17, 15) is 9.59 Å². The summed E-state index contributed by atoms with van der Waals surface area (Å²) in [6.07, 6.45) is 0.242. The van der Waals surface area contributed by atoms with Gasteiger partial charge in [0, 0.05) is 16.0 Å². The fourth-order valence-electron chi connectivity index (χ4n) is 2.27. The Bertz CT molecular complexity index is 895. The topological polar surface area (TPSA) is 71.1 Å². The lowest BCUT2D eigenvalue weighted by Crippen LogP contribution is -2.33. The van der Waals surface area contributed by atoms with Gasteiger partial charge in [0.2, 0.25) is 11.8 Å². The maximum absolute atomic E-state index is 12.0. The average Bonchev–Trinajstić information content (AvgIpc) is 3.10. The quantitative estimate of drug-likeness (QED) is 0.678. The first-order chi connectivity index (χ1) is 12.6. The van der Waals surface area contributed by atoms with Crippen molar-refractivity contribution in [1.29, 1.82) is 0 Å². The number of hydrogen-bond acceptors (Lipinski definition) is 4. The minimum absolute atomic E-state index is 0.0957. The summed E-state index contributed by atoms with van der Waals surface area (Å²) in [7, 11) is 0. The number of carbonyl (C=O) groups is 2. The molecule has 0 bridgehead atoms. The van der Waals surface area contributed by atoms with E-state index in [0.717, 1.165) is 16.8 Å². The third-order valence-corrected chi connectivity index (χ3v) is 4.55. The molecule has 7 heteroatoms. The summed E-state index contributed by atoms with van der Waals surface area (Å²) in [4.78, 5) is 28.2. The molecule has 1 heterocycles. The van der Waals surface area contributed by atoms with Crippen LogP contribution in [0.3, 0.4) is 0 Å². The van der Waals surface area contributed by atoms with Gasteiger partial charge in [-0.3, -0.25) is 9.59 Å². The van der Waals surface area contributed by atoms with Crippen LogP contribution in [0.5, 0.6) is 0 Å². The summed E-state index contributed by atoms with van der Waals surface area (Å²) in [6.45, 7) is -0.0957. The summed E-state index contributed by atoms with van der Waals surface area (Å²) in [5, 5.41) is 8.29. The number of thiazole rings is 1. The number of benzene rings is 2. The highest BCUT2D eigenvalue weighted by atomic mass is 35.5. The average molecular weight is 386 g/mol. The van der Waals surface area contributed by atoms with Gasteiger partial charge >= 0.3 is 0 Å². The molecule has 2 amide bonds. The zero-order chi connectivity index (χ0) is 18.4. The number of nitrogens with zero attached hydrogens (tertiary/aromatic N) is 1. The molecular formula is C19H16ClN3O2S. The second-order valence-electron chi connectivity index (χ2n) is 5.53. The summed E-state index contributed by atoms with van der Waals surface area (Å²) in [5.74, 6) is -0.518. The van der Waals surface area contributed by atoms with Crippen LogP contribution in [-0.4, -0.2) is 23.3 Å². The zero-order valence-electron chi connectivity index (χ0n) is 13.7. The number of amides is 2. The number of hydrogen-bond donors (Lipinski definition) is 2. The number of halogens is 1. The van der Waals surface area contributed by atoms with Crippen molar-refractivity contribution >= 4 is 39.9 Å². The van der Waals surface area contributed by atoms with Crippen molar-refractivity contribution in [3.05, 3.63) is 70.6 Å². The lowest BCUT2D eigenvalue weighted by atomic mass is 10.1. The molecule has 0 atom stereocenters. The van der Waals surface area contributed by atoms with E-state index in [1.807, 2.05) is 47.8 Å². The standard InChI is InChI=1S/C19H16ClN3O2S/c20-15-8-6-14(7-9-15)16-12-26-19(22-16)23-18(25)11-21-17(24)10-13-4-2-1-3-5-13/h1-9,12H,10-11H2,(H,21,24)(H,22,23,25). The highest BCUT2D eigenvalue weighted by Gasteiger charge is 2.10. The lowest BCUT2D eigenvalue weighted by Gasteiger charge is -2.05. The molecule has 0 radical (unpaired) electrons. The van der Waals surface area contributed by atoms with Crippen LogP contribution in [0.1, 0.15) is 5.56 Å². The molecule has 0 fully saturated rings. The Labute approximate surface area is 160 Å². The minimum Gasteiger partial charge on any atom is -0.347 e. The van der Waals surface area contributed by atoms with E-state index < -0.39 is 0 Å². The third-order valence-electron chi connectivity index (χ3n) is 3.54. The monoisotopic (exact) mass is 385 g/mol. The van der Waals surface area contributed by atoms with Gasteiger partial charge in [-0.15, -0.1) is 11.3 Å². The normalized spacial score (nSPS) is 10.3. The molecule has 0 aliphatic heterocycles. The molecule has 0 aliphatic rings. The number of aromatic nitrogens is 1. The van der Waals surface area contributed by atoms with Crippen LogP contribution in [0.25, 0.3) is 11.3 Å². The van der Waals surface area contributed by atoms with Crippen molar-refractivity contribution in [3.63, 3.8) is 0 Å². The lowest BCUT2D eigenvalue weighted by molar-refractivity contribution is -0.123. The second-order valence-corrected chi connectivity index (χ2v) is 6.83. The molecule has 0 saturated carbocycles. The van der Waals surface area contributed by atoms with Crippen molar-refractivity contribution in [1.82, 2.24) is 10.3 Å². The van der Waals surface area contributed by atoms with E-state index in [1.54, 1.807) is 12.1 Å². The van der Waals surface area contributed by atoms with Crippen LogP contribution < -0.4 is 10.6 Å². The fourth-order valence-corrected chi connectivity index (χ4v) is 3.13. The van der Waals surface area contributed by atoms with Crippen molar-refractivity contribution in [3.8, 4) is 11.3 Å². The maximum atomic E-state index is 12.0. The van der Waals surface area contributed by atoms with Crippen LogP contribution in [0, 0.1) is 0 Å². The van der Waals surface area contributed by atoms with Gasteiger partial charge in [0.05, 0.1) is 18.7 Å². The van der Waals surface area contributed by atoms with Crippen LogP contribution in [0.2, 0.25) is 5.02 Å². The van der Waals surface area contributed by atoms with E-state index in [-0.39, 0.29) is 24.8 Å². The molecule has 26 heavy (non-hydrogen) atoms. The minimum atomic E-state index is -0.316. The van der Waals surface area contributed by atoms with Gasteiger partial charge in [0.1, 0.15) is 0 Å². The van der Waals surface area contributed by atoms with Crippen LogP contribution in [-0.2, 0) is 16.0 Å². The van der Waals surface area contributed by atoms with Gasteiger partial charge in [0.15, 0.2) is 5.13 Å². The van der Waals surface area contributed by atoms with E-state index in [1.165, 1.54) is 11.3 Å². The zero-order valence-corrected chi connectivity index (χ0v) is 15.3. The highest BCUT2D eigenvalue weighted by Crippen LogP contribution is 2.25. The number of carbonyl (C=O) groups excluding carboxylic acids is 2. The van der Waals surface area contributed by atoms with Gasteiger partial charge in [0.25, 0.3) is 0 Å². The van der Waals surface area contributed by atoms with Crippen molar-refractivity contribution in [2.75, 3.05) is 11.9 Å². The Morgan fingerprint density at radius 1 is 1.00 bits per heavy atom. The van der Waals surface area contributed by atoms with Gasteiger partial charge in [-0.2, -0.15) is 0 Å². The Kier molecular flexibility index (Phi) is 5.99. The Balaban J connectivity index is 1.49. The van der Waals surface area contributed by atoms with E-state index in [4.69, 9.17) is 11.6 Å². The first kappa shape index (κ1) is 18.1. The SMILES string of the molecule is O=C(Cc1ccccc1)NCC(=O)Nc1nc(-c2ccc(Cl)cc2)cs1. The first-order valence-corrected chi connectivity index (χ1v) is 9.18. The number of anilines is 1. The molecule has 132 valence electrons. The first-order valence-electron chi connectivity index (χ1n) is 7.92. The molecule has 0 spiro atoms. The number of rotatable bonds is 6. The van der Waals surface area contributed by atoms with E-state index in [2.05, 4.69) is 15.6 Å². The van der Waals surface area contributed by atoms with Gasteiger partial charge in [-0.05, 0) is 17.7 Å². The third kappa shape index (κ3) is 5.15. The highest BCUT2D eigenvalue weighted by molar-refractivity contribution is 7.14. The molecule has 2 N–H and O–H groups in total. The molecule has 3 rings (SSSR count). The summed E-state index contributed by atoms with van der Waals surface area (Å²) < 4.78 is 0. The molecule has 0 unspecified atom stereocenters. The van der Waals surface area contributed by atoms with Gasteiger partial charge < -0.3 is 10.6 Å². The van der Waals surface area contributed by atoms with Crippen molar-refractivity contribution in [2.45, 2.75) is 6.42 Å². The Morgan fingerprint density at radius 2 is 1.73 bits per heavy atom. The van der Waals surface area contributed by atoms with Crippen LogP contribution in [0.15, 0.2) is 60.0 Å². The maximum Gasteiger partial charge on any atom is 0.245 e.